The van der Waals surface area contributed by atoms with Gasteiger partial charge < -0.3 is 10.4 Å². The van der Waals surface area contributed by atoms with E-state index in [0.717, 1.165) is 25.0 Å². The van der Waals surface area contributed by atoms with Crippen molar-refractivity contribution in [2.24, 2.45) is 5.92 Å². The van der Waals surface area contributed by atoms with Crippen molar-refractivity contribution in [1.82, 2.24) is 5.32 Å². The zero-order valence-electron chi connectivity index (χ0n) is 12.5. The molecule has 1 fully saturated rings. The second kappa shape index (κ2) is 6.31. The first kappa shape index (κ1) is 16.9. The van der Waals surface area contributed by atoms with Crippen LogP contribution in [-0.2, 0) is 4.79 Å². The number of nitro groups is 1. The largest absolute Gasteiger partial charge is 0.480 e. The van der Waals surface area contributed by atoms with Crippen molar-refractivity contribution in [3.63, 3.8) is 0 Å². The molecule has 1 aromatic rings. The molecule has 23 heavy (non-hydrogen) atoms. The molecule has 0 aromatic heterocycles. The van der Waals surface area contributed by atoms with Gasteiger partial charge in [-0.1, -0.05) is 12.8 Å². The fraction of sp³-hybridized carbons (Fsp3) is 0.467. The Morgan fingerprint density at radius 1 is 1.39 bits per heavy atom. The van der Waals surface area contributed by atoms with Crippen LogP contribution in [0.15, 0.2) is 18.2 Å². The summed E-state index contributed by atoms with van der Waals surface area (Å²) in [7, 11) is 0. The molecular weight excluding hydrogens is 307 g/mol. The van der Waals surface area contributed by atoms with Crippen LogP contribution in [0.1, 0.15) is 43.0 Å². The first-order chi connectivity index (χ1) is 10.8. The van der Waals surface area contributed by atoms with Gasteiger partial charge in [0.2, 0.25) is 0 Å². The molecule has 0 saturated heterocycles. The van der Waals surface area contributed by atoms with Crippen LogP contribution in [-0.4, -0.2) is 27.4 Å². The van der Waals surface area contributed by atoms with E-state index in [1.54, 1.807) is 0 Å². The van der Waals surface area contributed by atoms with Crippen molar-refractivity contribution >= 4 is 17.6 Å². The number of amides is 1. The molecule has 0 spiro atoms. The SMILES string of the molecule is C[C@@](NC(=O)c1ccc(F)cc1[N+](=O)[O-])(C(=O)O)C1CCCC1. The highest BCUT2D eigenvalue weighted by Gasteiger charge is 2.44. The number of nitrogens with zero attached hydrogens (tertiary/aromatic N) is 1. The van der Waals surface area contributed by atoms with Gasteiger partial charge in [-0.3, -0.25) is 14.9 Å². The van der Waals surface area contributed by atoms with Crippen molar-refractivity contribution in [1.29, 1.82) is 0 Å². The fourth-order valence-electron chi connectivity index (χ4n) is 2.98. The molecule has 7 nitrogen and oxygen atoms in total. The minimum atomic E-state index is -1.52. The number of benzene rings is 1. The van der Waals surface area contributed by atoms with E-state index in [1.165, 1.54) is 6.92 Å². The van der Waals surface area contributed by atoms with Gasteiger partial charge in [-0.2, -0.15) is 0 Å². The summed E-state index contributed by atoms with van der Waals surface area (Å²) in [6.45, 7) is 1.40. The number of halogens is 1. The van der Waals surface area contributed by atoms with Crippen molar-refractivity contribution in [3.8, 4) is 0 Å². The van der Waals surface area contributed by atoms with Gasteiger partial charge in [-0.05, 0) is 37.8 Å². The lowest BCUT2D eigenvalue weighted by molar-refractivity contribution is -0.385. The maximum atomic E-state index is 13.2. The smallest absolute Gasteiger partial charge is 0.329 e. The Bertz CT molecular complexity index is 657. The number of hydrogen-bond donors (Lipinski definition) is 2. The van der Waals surface area contributed by atoms with Gasteiger partial charge >= 0.3 is 5.97 Å². The highest BCUT2D eigenvalue weighted by molar-refractivity contribution is 6.01. The van der Waals surface area contributed by atoms with E-state index >= 15 is 0 Å². The lowest BCUT2D eigenvalue weighted by atomic mass is 9.84. The Morgan fingerprint density at radius 3 is 2.52 bits per heavy atom. The van der Waals surface area contributed by atoms with E-state index in [4.69, 9.17) is 0 Å². The van der Waals surface area contributed by atoms with Crippen LogP contribution in [0.2, 0.25) is 0 Å². The van der Waals surface area contributed by atoms with E-state index in [1.807, 2.05) is 0 Å². The van der Waals surface area contributed by atoms with E-state index < -0.39 is 33.8 Å². The third-order valence-corrected chi connectivity index (χ3v) is 4.39. The van der Waals surface area contributed by atoms with Gasteiger partial charge in [-0.15, -0.1) is 0 Å². The minimum absolute atomic E-state index is 0.247. The number of hydrogen-bond acceptors (Lipinski definition) is 4. The normalized spacial score (nSPS) is 17.5. The second-order valence-electron chi connectivity index (χ2n) is 5.86. The van der Waals surface area contributed by atoms with Crippen molar-refractivity contribution < 1.29 is 24.0 Å². The van der Waals surface area contributed by atoms with Crippen LogP contribution in [0.25, 0.3) is 0 Å². The van der Waals surface area contributed by atoms with Gasteiger partial charge in [0.15, 0.2) is 0 Å². The number of rotatable bonds is 5. The molecule has 1 amide bonds. The van der Waals surface area contributed by atoms with E-state index in [-0.39, 0.29) is 11.5 Å². The lowest BCUT2D eigenvalue weighted by Crippen LogP contribution is -2.56. The van der Waals surface area contributed by atoms with Gasteiger partial charge in [0.05, 0.1) is 11.0 Å². The van der Waals surface area contributed by atoms with Gasteiger partial charge in [0, 0.05) is 0 Å². The highest BCUT2D eigenvalue weighted by atomic mass is 19.1. The summed E-state index contributed by atoms with van der Waals surface area (Å²) >= 11 is 0. The molecule has 2 N–H and O–H groups in total. The molecule has 8 heteroatoms. The number of nitro benzene ring substituents is 1. The van der Waals surface area contributed by atoms with Gasteiger partial charge in [0.25, 0.3) is 11.6 Å². The predicted molar refractivity (Wildman–Crippen MR) is 78.5 cm³/mol. The Balaban J connectivity index is 2.33. The van der Waals surface area contributed by atoms with E-state index in [0.29, 0.717) is 18.9 Å². The summed E-state index contributed by atoms with van der Waals surface area (Å²) < 4.78 is 13.2. The molecule has 1 aromatic carbocycles. The van der Waals surface area contributed by atoms with Crippen LogP contribution < -0.4 is 5.32 Å². The summed E-state index contributed by atoms with van der Waals surface area (Å²) in [6.07, 6.45) is 3.07. The molecule has 2 rings (SSSR count). The minimum Gasteiger partial charge on any atom is -0.480 e. The molecule has 1 atom stereocenters. The standard InChI is InChI=1S/C15H17FN2O5/c1-15(14(20)21,9-4-2-3-5-9)17-13(19)11-7-6-10(16)8-12(11)18(22)23/h6-9H,2-5H2,1H3,(H,17,19)(H,20,21)/t15-/m0/s1. The Hall–Kier alpha value is -2.51. The Labute approximate surface area is 131 Å². The van der Waals surface area contributed by atoms with Crippen LogP contribution >= 0.6 is 0 Å². The molecule has 0 radical (unpaired) electrons. The summed E-state index contributed by atoms with van der Waals surface area (Å²) in [5, 5.41) is 22.9. The van der Waals surface area contributed by atoms with Crippen molar-refractivity contribution in [2.75, 3.05) is 0 Å². The molecule has 0 bridgehead atoms. The average molecular weight is 324 g/mol. The number of carboxylic acids is 1. The number of carbonyl (C=O) groups excluding carboxylic acids is 1. The van der Waals surface area contributed by atoms with Crippen LogP contribution in [0.4, 0.5) is 10.1 Å². The zero-order chi connectivity index (χ0) is 17.2. The Kier molecular flexibility index (Phi) is 4.63. The molecule has 1 aliphatic carbocycles. The van der Waals surface area contributed by atoms with Gasteiger partial charge in [-0.25, -0.2) is 9.18 Å². The van der Waals surface area contributed by atoms with Crippen LogP contribution in [0.5, 0.6) is 0 Å². The molecule has 1 saturated carbocycles. The zero-order valence-corrected chi connectivity index (χ0v) is 12.5. The number of carboxylic acid groups (broad SMARTS) is 1. The van der Waals surface area contributed by atoms with E-state index in [2.05, 4.69) is 5.32 Å². The summed E-state index contributed by atoms with van der Waals surface area (Å²) in [4.78, 5) is 34.1. The Morgan fingerprint density at radius 2 is 2.00 bits per heavy atom. The average Bonchev–Trinajstić information content (AvgIpc) is 3.01. The van der Waals surface area contributed by atoms with Crippen molar-refractivity contribution in [2.45, 2.75) is 38.1 Å². The molecule has 124 valence electrons. The maximum absolute atomic E-state index is 13.2. The molecular formula is C15H17FN2O5. The maximum Gasteiger partial charge on any atom is 0.329 e. The van der Waals surface area contributed by atoms with E-state index in [9.17, 15) is 29.2 Å². The van der Waals surface area contributed by atoms with Gasteiger partial charge in [0.1, 0.15) is 16.9 Å². The third-order valence-electron chi connectivity index (χ3n) is 4.39. The molecule has 1 aliphatic rings. The predicted octanol–water partition coefficient (Wildman–Crippen LogP) is 2.50. The fourth-order valence-corrected chi connectivity index (χ4v) is 2.98. The van der Waals surface area contributed by atoms with Crippen LogP contribution in [0, 0.1) is 21.8 Å². The van der Waals surface area contributed by atoms with Crippen molar-refractivity contribution in [3.05, 3.63) is 39.7 Å². The molecule has 0 aliphatic heterocycles. The molecule has 0 unspecified atom stereocenters. The number of aliphatic carboxylic acids is 1. The van der Waals surface area contributed by atoms with Crippen LogP contribution in [0.3, 0.4) is 0 Å². The first-order valence-electron chi connectivity index (χ1n) is 7.25. The lowest BCUT2D eigenvalue weighted by Gasteiger charge is -2.32. The summed E-state index contributed by atoms with van der Waals surface area (Å²) in [5.41, 5.74) is -2.57. The quantitative estimate of drug-likeness (QED) is 0.639. The summed E-state index contributed by atoms with van der Waals surface area (Å²) in [5.74, 6) is -3.18. The second-order valence-corrected chi connectivity index (χ2v) is 5.86. The highest BCUT2D eigenvalue weighted by Crippen LogP contribution is 2.34. The molecule has 0 heterocycles. The third kappa shape index (κ3) is 3.30. The number of carbonyl (C=O) groups is 2. The monoisotopic (exact) mass is 324 g/mol. The first-order valence-corrected chi connectivity index (χ1v) is 7.25. The topological polar surface area (TPSA) is 110 Å². The summed E-state index contributed by atoms with van der Waals surface area (Å²) in [6, 6.07) is 2.55. The number of nitrogens with one attached hydrogen (secondary N) is 1.